The van der Waals surface area contributed by atoms with Crippen LogP contribution in [-0.4, -0.2) is 30.5 Å². The number of aliphatic hydroxyl groups is 1. The predicted octanol–water partition coefficient (Wildman–Crippen LogP) is 2.53. The Morgan fingerprint density at radius 2 is 2.10 bits per heavy atom. The number of hydrogen-bond acceptors (Lipinski definition) is 3. The summed E-state index contributed by atoms with van der Waals surface area (Å²) in [5.41, 5.74) is 3.93. The van der Waals surface area contributed by atoms with Crippen LogP contribution < -0.4 is 5.32 Å². The van der Waals surface area contributed by atoms with Gasteiger partial charge in [0.1, 0.15) is 0 Å². The van der Waals surface area contributed by atoms with Crippen LogP contribution in [-0.2, 0) is 17.6 Å². The molecule has 1 aromatic carbocycles. The predicted molar refractivity (Wildman–Crippen MR) is 80.4 cm³/mol. The molecule has 2 N–H and O–H groups in total. The smallest absolute Gasteiger partial charge is 0.407 e. The highest BCUT2D eigenvalue weighted by atomic mass is 16.5. The second-order valence-electron chi connectivity index (χ2n) is 6.13. The minimum atomic E-state index is -0.303. The Kier molecular flexibility index (Phi) is 4.44. The third-order valence-corrected chi connectivity index (χ3v) is 4.58. The molecule has 0 saturated carbocycles. The SMILES string of the molecule is O=C1NC[C@@H](c2ccc3c(c2)CC[C@@H](O)C3)CCCCO1. The zero-order valence-corrected chi connectivity index (χ0v) is 12.3. The number of fused-ring (bicyclic) bond motifs is 1. The van der Waals surface area contributed by atoms with Gasteiger partial charge in [-0.25, -0.2) is 4.79 Å². The van der Waals surface area contributed by atoms with E-state index in [4.69, 9.17) is 4.74 Å². The molecule has 4 heteroatoms. The first kappa shape index (κ1) is 14.4. The summed E-state index contributed by atoms with van der Waals surface area (Å²) in [6.45, 7) is 1.15. The third kappa shape index (κ3) is 3.56. The van der Waals surface area contributed by atoms with Crippen molar-refractivity contribution in [3.05, 3.63) is 34.9 Å². The summed E-state index contributed by atoms with van der Waals surface area (Å²) in [7, 11) is 0. The molecule has 1 heterocycles. The molecule has 0 unspecified atom stereocenters. The number of carbonyl (C=O) groups is 1. The van der Waals surface area contributed by atoms with E-state index in [1.165, 1.54) is 16.7 Å². The monoisotopic (exact) mass is 289 g/mol. The van der Waals surface area contributed by atoms with Crippen LogP contribution in [0.15, 0.2) is 18.2 Å². The summed E-state index contributed by atoms with van der Waals surface area (Å²) in [6, 6.07) is 6.58. The van der Waals surface area contributed by atoms with E-state index in [1.807, 2.05) is 0 Å². The molecule has 0 bridgehead atoms. The maximum atomic E-state index is 11.5. The lowest BCUT2D eigenvalue weighted by atomic mass is 9.85. The van der Waals surface area contributed by atoms with Gasteiger partial charge in [0, 0.05) is 12.5 Å². The first-order chi connectivity index (χ1) is 10.2. The van der Waals surface area contributed by atoms with Crippen molar-refractivity contribution in [2.24, 2.45) is 0 Å². The summed E-state index contributed by atoms with van der Waals surface area (Å²) < 4.78 is 5.07. The quantitative estimate of drug-likeness (QED) is 0.835. The van der Waals surface area contributed by atoms with E-state index < -0.39 is 0 Å². The van der Waals surface area contributed by atoms with E-state index in [0.29, 0.717) is 19.1 Å². The summed E-state index contributed by atoms with van der Waals surface area (Å²) >= 11 is 0. The number of amides is 1. The van der Waals surface area contributed by atoms with E-state index >= 15 is 0 Å². The molecule has 21 heavy (non-hydrogen) atoms. The van der Waals surface area contributed by atoms with Gasteiger partial charge >= 0.3 is 6.09 Å². The van der Waals surface area contributed by atoms with Gasteiger partial charge in [-0.2, -0.15) is 0 Å². The van der Waals surface area contributed by atoms with Crippen LogP contribution in [0, 0.1) is 0 Å². The minimum absolute atomic E-state index is 0.190. The number of cyclic esters (lactones) is 1. The average Bonchev–Trinajstić information content (AvgIpc) is 2.59. The molecule has 1 aliphatic heterocycles. The molecule has 2 aliphatic rings. The first-order valence-corrected chi connectivity index (χ1v) is 7.93. The number of hydrogen-bond donors (Lipinski definition) is 2. The van der Waals surface area contributed by atoms with E-state index in [0.717, 1.165) is 38.5 Å². The lowest BCUT2D eigenvalue weighted by molar-refractivity contribution is 0.146. The van der Waals surface area contributed by atoms with Gasteiger partial charge in [0.25, 0.3) is 0 Å². The Bertz CT molecular complexity index is 515. The van der Waals surface area contributed by atoms with Crippen LogP contribution >= 0.6 is 0 Å². The lowest BCUT2D eigenvalue weighted by Crippen LogP contribution is -2.28. The molecular formula is C17H23NO3. The molecule has 1 saturated heterocycles. The number of benzene rings is 1. The summed E-state index contributed by atoms with van der Waals surface area (Å²) in [5, 5.41) is 12.6. The number of ether oxygens (including phenoxy) is 1. The maximum absolute atomic E-state index is 11.5. The number of aliphatic hydroxyl groups excluding tert-OH is 1. The highest BCUT2D eigenvalue weighted by Gasteiger charge is 2.20. The molecule has 1 amide bonds. The Hall–Kier alpha value is -1.55. The zero-order valence-electron chi connectivity index (χ0n) is 12.3. The average molecular weight is 289 g/mol. The van der Waals surface area contributed by atoms with Gasteiger partial charge in [0.2, 0.25) is 0 Å². The molecule has 2 atom stereocenters. The molecule has 0 radical (unpaired) electrons. The van der Waals surface area contributed by atoms with Crippen molar-refractivity contribution >= 4 is 6.09 Å². The fourth-order valence-electron chi connectivity index (χ4n) is 3.31. The molecule has 0 spiro atoms. The highest BCUT2D eigenvalue weighted by Crippen LogP contribution is 2.28. The van der Waals surface area contributed by atoms with Crippen molar-refractivity contribution in [2.75, 3.05) is 13.2 Å². The van der Waals surface area contributed by atoms with Crippen LogP contribution in [0.3, 0.4) is 0 Å². The van der Waals surface area contributed by atoms with Gasteiger partial charge in [-0.1, -0.05) is 18.2 Å². The van der Waals surface area contributed by atoms with Crippen LogP contribution in [0.25, 0.3) is 0 Å². The van der Waals surface area contributed by atoms with E-state index in [9.17, 15) is 9.90 Å². The molecule has 0 aromatic heterocycles. The van der Waals surface area contributed by atoms with Gasteiger partial charge < -0.3 is 15.2 Å². The Morgan fingerprint density at radius 3 is 3.00 bits per heavy atom. The fraction of sp³-hybridized carbons (Fsp3) is 0.588. The Morgan fingerprint density at radius 1 is 1.19 bits per heavy atom. The van der Waals surface area contributed by atoms with Crippen molar-refractivity contribution in [1.82, 2.24) is 5.32 Å². The van der Waals surface area contributed by atoms with E-state index in [1.54, 1.807) is 0 Å². The number of nitrogens with one attached hydrogen (secondary N) is 1. The first-order valence-electron chi connectivity index (χ1n) is 7.93. The maximum Gasteiger partial charge on any atom is 0.407 e. The van der Waals surface area contributed by atoms with Crippen molar-refractivity contribution in [2.45, 2.75) is 50.5 Å². The van der Waals surface area contributed by atoms with Gasteiger partial charge in [-0.05, 0) is 55.2 Å². The van der Waals surface area contributed by atoms with Crippen molar-refractivity contribution in [3.8, 4) is 0 Å². The Labute approximate surface area is 125 Å². The zero-order chi connectivity index (χ0) is 14.7. The van der Waals surface area contributed by atoms with E-state index in [-0.39, 0.29) is 12.2 Å². The fourth-order valence-corrected chi connectivity index (χ4v) is 3.31. The number of alkyl carbamates (subject to hydrolysis) is 1. The van der Waals surface area contributed by atoms with Gasteiger partial charge in [0.15, 0.2) is 0 Å². The normalized spacial score (nSPS) is 26.6. The summed E-state index contributed by atoms with van der Waals surface area (Å²) in [4.78, 5) is 11.5. The second-order valence-corrected chi connectivity index (χ2v) is 6.13. The van der Waals surface area contributed by atoms with Gasteiger partial charge in [-0.15, -0.1) is 0 Å². The van der Waals surface area contributed by atoms with Crippen molar-refractivity contribution in [3.63, 3.8) is 0 Å². The van der Waals surface area contributed by atoms with Crippen molar-refractivity contribution in [1.29, 1.82) is 0 Å². The largest absolute Gasteiger partial charge is 0.450 e. The molecule has 1 aromatic rings. The van der Waals surface area contributed by atoms with Crippen LogP contribution in [0.2, 0.25) is 0 Å². The molecular weight excluding hydrogens is 266 g/mol. The number of rotatable bonds is 1. The van der Waals surface area contributed by atoms with Crippen LogP contribution in [0.4, 0.5) is 4.79 Å². The van der Waals surface area contributed by atoms with E-state index in [2.05, 4.69) is 23.5 Å². The van der Waals surface area contributed by atoms with Gasteiger partial charge in [0.05, 0.1) is 12.7 Å². The number of aryl methyl sites for hydroxylation is 1. The molecule has 114 valence electrons. The Balaban J connectivity index is 1.76. The molecule has 1 fully saturated rings. The summed E-state index contributed by atoms with van der Waals surface area (Å²) in [5.74, 6) is 0.354. The lowest BCUT2D eigenvalue weighted by Gasteiger charge is -2.23. The molecule has 1 aliphatic carbocycles. The van der Waals surface area contributed by atoms with Crippen LogP contribution in [0.1, 0.15) is 48.3 Å². The number of carbonyl (C=O) groups excluding carboxylic acids is 1. The third-order valence-electron chi connectivity index (χ3n) is 4.58. The minimum Gasteiger partial charge on any atom is -0.450 e. The standard InChI is InChI=1S/C17H23NO3/c19-16-7-6-12-9-13(4-5-14(12)10-16)15-3-1-2-8-21-17(20)18-11-15/h4-5,9,15-16,19H,1-3,6-8,10-11H2,(H,18,20)/t15-,16+/m0/s1. The molecule has 3 rings (SSSR count). The van der Waals surface area contributed by atoms with Gasteiger partial charge in [-0.3, -0.25) is 0 Å². The second kappa shape index (κ2) is 6.48. The van der Waals surface area contributed by atoms with Crippen molar-refractivity contribution < 1.29 is 14.6 Å². The summed E-state index contributed by atoms with van der Waals surface area (Å²) in [6.07, 6.45) is 5.16. The highest BCUT2D eigenvalue weighted by molar-refractivity contribution is 5.67. The molecule has 4 nitrogen and oxygen atoms in total. The van der Waals surface area contributed by atoms with Crippen LogP contribution in [0.5, 0.6) is 0 Å². The topological polar surface area (TPSA) is 58.6 Å².